The second-order valence-corrected chi connectivity index (χ2v) is 3.65. The third-order valence-electron chi connectivity index (χ3n) is 2.01. The number of aryl methyl sites for hydroxylation is 2. The number of carbonyl (C=O) groups excluding carboxylic acids is 1. The van der Waals surface area contributed by atoms with Crippen LogP contribution in [0.15, 0.2) is 12.1 Å². The topological polar surface area (TPSA) is 17.1 Å². The van der Waals surface area contributed by atoms with E-state index in [-0.39, 0.29) is 11.1 Å². The van der Waals surface area contributed by atoms with E-state index in [2.05, 4.69) is 0 Å². The van der Waals surface area contributed by atoms with E-state index in [9.17, 15) is 18.0 Å². The summed E-state index contributed by atoms with van der Waals surface area (Å²) in [7, 11) is 0. The van der Waals surface area contributed by atoms with Crippen molar-refractivity contribution in [1.29, 1.82) is 0 Å². The molecule has 0 heterocycles. The zero-order chi connectivity index (χ0) is 11.8. The largest absolute Gasteiger partial charge is 0.454 e. The zero-order valence-electron chi connectivity index (χ0n) is 8.07. The molecule has 1 nitrogen and oxygen atoms in total. The fourth-order valence-corrected chi connectivity index (χ4v) is 1.40. The normalized spacial score (nSPS) is 11.6. The van der Waals surface area contributed by atoms with Gasteiger partial charge in [0.2, 0.25) is 0 Å². The highest BCUT2D eigenvalue weighted by atomic mass is 35.5. The molecule has 0 aliphatic carbocycles. The lowest BCUT2D eigenvalue weighted by atomic mass is 10.0. The molecule has 0 saturated heterocycles. The summed E-state index contributed by atoms with van der Waals surface area (Å²) >= 11 is 5.71. The summed E-state index contributed by atoms with van der Waals surface area (Å²) in [5, 5.41) is 0.353. The van der Waals surface area contributed by atoms with E-state index in [0.717, 1.165) is 6.07 Å². The highest BCUT2D eigenvalue weighted by molar-refractivity contribution is 6.31. The maximum absolute atomic E-state index is 12.2. The van der Waals surface area contributed by atoms with E-state index in [1.54, 1.807) is 6.92 Å². The van der Waals surface area contributed by atoms with Crippen molar-refractivity contribution in [1.82, 2.24) is 0 Å². The zero-order valence-corrected chi connectivity index (χ0v) is 8.83. The van der Waals surface area contributed by atoms with Gasteiger partial charge in [0.15, 0.2) is 0 Å². The first-order chi connectivity index (χ1) is 6.73. The van der Waals surface area contributed by atoms with Crippen molar-refractivity contribution in [3.63, 3.8) is 0 Å². The summed E-state index contributed by atoms with van der Waals surface area (Å²) < 4.78 is 36.5. The molecule has 1 aromatic rings. The molecule has 1 rings (SSSR count). The first-order valence-corrected chi connectivity index (χ1v) is 4.49. The summed E-state index contributed by atoms with van der Waals surface area (Å²) in [6, 6.07) is 2.52. The molecule has 1 aromatic carbocycles. The number of ketones is 1. The van der Waals surface area contributed by atoms with Gasteiger partial charge in [-0.2, -0.15) is 13.2 Å². The smallest absolute Gasteiger partial charge is 0.284 e. The second-order valence-electron chi connectivity index (χ2n) is 3.24. The van der Waals surface area contributed by atoms with Crippen molar-refractivity contribution in [2.24, 2.45) is 0 Å². The van der Waals surface area contributed by atoms with Gasteiger partial charge in [-0.05, 0) is 37.1 Å². The second kappa shape index (κ2) is 3.85. The average Bonchev–Trinajstić information content (AvgIpc) is 2.08. The number of carbonyl (C=O) groups is 1. The maximum atomic E-state index is 12.2. The third-order valence-corrected chi connectivity index (χ3v) is 2.41. The molecule has 0 atom stereocenters. The molecule has 82 valence electrons. The summed E-state index contributed by atoms with van der Waals surface area (Å²) in [6.07, 6.45) is -4.84. The number of Topliss-reactive ketones (excluding diaryl/α,β-unsaturated/α-hetero) is 1. The van der Waals surface area contributed by atoms with Gasteiger partial charge in [-0.1, -0.05) is 11.6 Å². The number of halogens is 4. The van der Waals surface area contributed by atoms with Crippen LogP contribution in [0.4, 0.5) is 13.2 Å². The lowest BCUT2D eigenvalue weighted by molar-refractivity contribution is -0.0885. The summed E-state index contributed by atoms with van der Waals surface area (Å²) in [6.45, 7) is 2.97. The van der Waals surface area contributed by atoms with Crippen molar-refractivity contribution in [3.8, 4) is 0 Å². The number of alkyl halides is 3. The Morgan fingerprint density at radius 3 is 2.20 bits per heavy atom. The Hall–Kier alpha value is -1.03. The van der Waals surface area contributed by atoms with Crippen molar-refractivity contribution in [3.05, 3.63) is 33.8 Å². The Bertz CT molecular complexity index is 410. The number of hydrogen-bond acceptors (Lipinski definition) is 1. The molecule has 0 bridgehead atoms. The van der Waals surface area contributed by atoms with Gasteiger partial charge < -0.3 is 0 Å². The fourth-order valence-electron chi connectivity index (χ4n) is 1.18. The maximum Gasteiger partial charge on any atom is 0.454 e. The molecule has 0 aliphatic heterocycles. The van der Waals surface area contributed by atoms with Crippen LogP contribution in [-0.2, 0) is 0 Å². The number of hydrogen-bond donors (Lipinski definition) is 0. The summed E-state index contributed by atoms with van der Waals surface area (Å²) in [5.41, 5.74) is 0.340. The lowest BCUT2D eigenvalue weighted by Gasteiger charge is -2.09. The van der Waals surface area contributed by atoms with Crippen LogP contribution in [0.1, 0.15) is 21.5 Å². The van der Waals surface area contributed by atoms with Crippen molar-refractivity contribution < 1.29 is 18.0 Å². The van der Waals surface area contributed by atoms with E-state index in [0.29, 0.717) is 10.6 Å². The molecular formula is C10H8ClF3O. The van der Waals surface area contributed by atoms with Crippen LogP contribution in [0.5, 0.6) is 0 Å². The van der Waals surface area contributed by atoms with Crippen molar-refractivity contribution in [2.45, 2.75) is 20.0 Å². The van der Waals surface area contributed by atoms with E-state index in [4.69, 9.17) is 11.6 Å². The monoisotopic (exact) mass is 236 g/mol. The Balaban J connectivity index is 3.28. The highest BCUT2D eigenvalue weighted by Gasteiger charge is 2.40. The number of rotatable bonds is 1. The molecule has 0 amide bonds. The van der Waals surface area contributed by atoms with Crippen LogP contribution in [0.25, 0.3) is 0 Å². The SMILES string of the molecule is Cc1cc(C(=O)C(F)(F)F)c(C)cc1Cl. The van der Waals surface area contributed by atoms with Crippen LogP contribution in [0.3, 0.4) is 0 Å². The molecule has 0 fully saturated rings. The molecule has 0 N–H and O–H groups in total. The van der Waals surface area contributed by atoms with Gasteiger partial charge in [-0.25, -0.2) is 0 Å². The van der Waals surface area contributed by atoms with Crippen LogP contribution in [0.2, 0.25) is 5.02 Å². The molecule has 0 aromatic heterocycles. The minimum atomic E-state index is -4.84. The summed E-state index contributed by atoms with van der Waals surface area (Å²) in [5.74, 6) is -1.83. The van der Waals surface area contributed by atoms with Gasteiger partial charge >= 0.3 is 6.18 Å². The Labute approximate surface area is 89.9 Å². The van der Waals surface area contributed by atoms with Crippen LogP contribution >= 0.6 is 11.6 Å². The Kier molecular flexibility index (Phi) is 3.09. The molecule has 5 heteroatoms. The molecule has 0 spiro atoms. The third kappa shape index (κ3) is 2.50. The van der Waals surface area contributed by atoms with Crippen molar-refractivity contribution >= 4 is 17.4 Å². The van der Waals surface area contributed by atoms with Gasteiger partial charge in [-0.3, -0.25) is 4.79 Å². The predicted octanol–water partition coefficient (Wildman–Crippen LogP) is 3.70. The van der Waals surface area contributed by atoms with Gasteiger partial charge in [0.1, 0.15) is 0 Å². The van der Waals surface area contributed by atoms with Gasteiger partial charge in [-0.15, -0.1) is 0 Å². The Morgan fingerprint density at radius 2 is 1.73 bits per heavy atom. The fraction of sp³-hybridized carbons (Fsp3) is 0.300. The van der Waals surface area contributed by atoms with E-state index in [1.165, 1.54) is 13.0 Å². The van der Waals surface area contributed by atoms with Gasteiger partial charge in [0, 0.05) is 10.6 Å². The number of benzene rings is 1. The van der Waals surface area contributed by atoms with Crippen LogP contribution in [0, 0.1) is 13.8 Å². The molecular weight excluding hydrogens is 229 g/mol. The average molecular weight is 237 g/mol. The van der Waals surface area contributed by atoms with E-state index >= 15 is 0 Å². The molecule has 0 aliphatic rings. The van der Waals surface area contributed by atoms with E-state index < -0.39 is 12.0 Å². The minimum absolute atomic E-state index is 0.230. The first-order valence-electron chi connectivity index (χ1n) is 4.11. The quantitative estimate of drug-likeness (QED) is 0.680. The van der Waals surface area contributed by atoms with Crippen LogP contribution in [-0.4, -0.2) is 12.0 Å². The van der Waals surface area contributed by atoms with E-state index in [1.807, 2.05) is 0 Å². The molecule has 0 saturated carbocycles. The highest BCUT2D eigenvalue weighted by Crippen LogP contribution is 2.27. The first kappa shape index (κ1) is 12.0. The summed E-state index contributed by atoms with van der Waals surface area (Å²) in [4.78, 5) is 11.0. The molecule has 0 unspecified atom stereocenters. The van der Waals surface area contributed by atoms with Gasteiger partial charge in [0.25, 0.3) is 5.78 Å². The standard InChI is InChI=1S/C10H8ClF3O/c1-5-4-8(11)6(2)3-7(5)9(15)10(12,13)14/h3-4H,1-2H3. The molecule has 0 radical (unpaired) electrons. The van der Waals surface area contributed by atoms with Crippen molar-refractivity contribution in [2.75, 3.05) is 0 Å². The predicted molar refractivity (Wildman–Crippen MR) is 51.3 cm³/mol. The van der Waals surface area contributed by atoms with Gasteiger partial charge in [0.05, 0.1) is 0 Å². The molecule has 15 heavy (non-hydrogen) atoms. The Morgan fingerprint density at radius 1 is 1.20 bits per heavy atom. The lowest BCUT2D eigenvalue weighted by Crippen LogP contribution is -2.23. The van der Waals surface area contributed by atoms with Crippen LogP contribution < -0.4 is 0 Å². The minimum Gasteiger partial charge on any atom is -0.284 e.